The van der Waals surface area contributed by atoms with Gasteiger partial charge in [0.25, 0.3) is 5.91 Å². The van der Waals surface area contributed by atoms with Crippen molar-refractivity contribution >= 4 is 22.9 Å². The summed E-state index contributed by atoms with van der Waals surface area (Å²) in [6.45, 7) is 2.56. The van der Waals surface area contributed by atoms with Gasteiger partial charge in [-0.3, -0.25) is 9.69 Å². The van der Waals surface area contributed by atoms with Crippen LogP contribution in [0.5, 0.6) is 0 Å². The molecule has 0 unspecified atom stereocenters. The number of aryl methyl sites for hydroxylation is 1. The highest BCUT2D eigenvalue weighted by Gasteiger charge is 2.15. The molecule has 0 bridgehead atoms. The number of aliphatic hydroxyl groups is 2. The van der Waals surface area contributed by atoms with Crippen LogP contribution in [0.15, 0.2) is 24.3 Å². The molecule has 0 aliphatic rings. The van der Waals surface area contributed by atoms with Crippen LogP contribution in [0.2, 0.25) is 0 Å². The van der Waals surface area contributed by atoms with Gasteiger partial charge in [0.2, 0.25) is 5.01 Å². The van der Waals surface area contributed by atoms with E-state index in [-0.39, 0.29) is 12.5 Å². The first-order valence-corrected chi connectivity index (χ1v) is 8.53. The molecular weight excluding hydrogens is 328 g/mol. The van der Waals surface area contributed by atoms with Crippen LogP contribution in [0.4, 0.5) is 5.69 Å². The number of rotatable bonds is 8. The number of anilines is 1. The summed E-state index contributed by atoms with van der Waals surface area (Å²) in [6, 6.07) is 7.68. The van der Waals surface area contributed by atoms with Crippen LogP contribution in [0.1, 0.15) is 27.3 Å². The highest BCUT2D eigenvalue weighted by Crippen LogP contribution is 2.15. The van der Waals surface area contributed by atoms with Crippen molar-refractivity contribution < 1.29 is 15.0 Å². The normalized spacial score (nSPS) is 12.4. The summed E-state index contributed by atoms with van der Waals surface area (Å²) < 4.78 is 0. The maximum atomic E-state index is 12.2. The molecule has 0 fully saturated rings. The predicted molar refractivity (Wildman–Crippen MR) is 93.1 cm³/mol. The van der Waals surface area contributed by atoms with E-state index in [4.69, 9.17) is 5.11 Å². The van der Waals surface area contributed by atoms with Gasteiger partial charge in [-0.2, -0.15) is 0 Å². The number of nitrogens with zero attached hydrogens (tertiary/aromatic N) is 3. The Labute approximate surface area is 145 Å². The SMILES string of the molecule is CCc1ccc(NC(=O)c2nnc(CN(C)C[C@H](O)CO)s2)cc1. The predicted octanol–water partition coefficient (Wildman–Crippen LogP) is 1.14. The number of hydrogen-bond donors (Lipinski definition) is 3. The minimum absolute atomic E-state index is 0.287. The minimum Gasteiger partial charge on any atom is -0.394 e. The van der Waals surface area contributed by atoms with Crippen LogP contribution in [-0.2, 0) is 13.0 Å². The van der Waals surface area contributed by atoms with Crippen LogP contribution in [-0.4, -0.2) is 57.5 Å². The van der Waals surface area contributed by atoms with E-state index in [9.17, 15) is 9.90 Å². The topological polar surface area (TPSA) is 98.6 Å². The van der Waals surface area contributed by atoms with E-state index < -0.39 is 6.10 Å². The van der Waals surface area contributed by atoms with Crippen molar-refractivity contribution in [3.05, 3.63) is 39.8 Å². The molecule has 1 atom stereocenters. The van der Waals surface area contributed by atoms with Gasteiger partial charge in [-0.25, -0.2) is 0 Å². The average molecular weight is 350 g/mol. The summed E-state index contributed by atoms with van der Waals surface area (Å²) in [5, 5.41) is 29.9. The molecule has 0 spiro atoms. The van der Waals surface area contributed by atoms with E-state index in [1.807, 2.05) is 29.2 Å². The number of likely N-dealkylation sites (N-methyl/N-ethyl adjacent to an activating group) is 1. The summed E-state index contributed by atoms with van der Waals surface area (Å²) in [6.07, 6.45) is 0.156. The smallest absolute Gasteiger partial charge is 0.286 e. The standard InChI is InChI=1S/C16H22N4O3S/c1-3-11-4-6-12(7-5-11)17-15(23)16-19-18-14(24-16)9-20(2)8-13(22)10-21/h4-7,13,21-22H,3,8-10H2,1-2H3,(H,17,23)/t13-/m0/s1. The molecule has 1 aromatic heterocycles. The van der Waals surface area contributed by atoms with Crippen molar-refractivity contribution in [3.63, 3.8) is 0 Å². The molecule has 0 aliphatic heterocycles. The Morgan fingerprint density at radius 1 is 1.33 bits per heavy atom. The first-order chi connectivity index (χ1) is 11.5. The van der Waals surface area contributed by atoms with Gasteiger partial charge in [-0.1, -0.05) is 30.4 Å². The number of carbonyl (C=O) groups excluding carboxylic acids is 1. The third kappa shape index (κ3) is 5.34. The quantitative estimate of drug-likeness (QED) is 0.660. The van der Waals surface area contributed by atoms with Crippen molar-refractivity contribution in [2.75, 3.05) is 25.5 Å². The van der Waals surface area contributed by atoms with Crippen LogP contribution < -0.4 is 5.32 Å². The third-order valence-electron chi connectivity index (χ3n) is 3.42. The molecule has 0 saturated carbocycles. The summed E-state index contributed by atoms with van der Waals surface area (Å²) in [4.78, 5) is 14.0. The molecular formula is C16H22N4O3S. The molecule has 7 nitrogen and oxygen atoms in total. The van der Waals surface area contributed by atoms with Crippen LogP contribution in [0.3, 0.4) is 0 Å². The Morgan fingerprint density at radius 3 is 2.67 bits per heavy atom. The van der Waals surface area contributed by atoms with E-state index in [1.165, 1.54) is 16.9 Å². The maximum absolute atomic E-state index is 12.2. The molecule has 1 amide bonds. The fraction of sp³-hybridized carbons (Fsp3) is 0.438. The number of nitrogens with one attached hydrogen (secondary N) is 1. The Hall–Kier alpha value is -1.87. The molecule has 1 aromatic carbocycles. The molecule has 8 heteroatoms. The molecule has 2 aromatic rings. The van der Waals surface area contributed by atoms with Crippen LogP contribution >= 0.6 is 11.3 Å². The Morgan fingerprint density at radius 2 is 2.04 bits per heavy atom. The first-order valence-electron chi connectivity index (χ1n) is 7.72. The molecule has 0 saturated heterocycles. The maximum Gasteiger partial charge on any atom is 0.286 e. The Balaban J connectivity index is 1.92. The van der Waals surface area contributed by atoms with Crippen molar-refractivity contribution in [2.45, 2.75) is 26.0 Å². The van der Waals surface area contributed by atoms with E-state index in [0.29, 0.717) is 23.1 Å². The molecule has 0 radical (unpaired) electrons. The van der Waals surface area contributed by atoms with E-state index >= 15 is 0 Å². The zero-order valence-corrected chi connectivity index (χ0v) is 14.6. The van der Waals surface area contributed by atoms with Gasteiger partial charge in [0, 0.05) is 12.2 Å². The summed E-state index contributed by atoms with van der Waals surface area (Å²) in [5.74, 6) is -0.291. The summed E-state index contributed by atoms with van der Waals surface area (Å²) in [5.41, 5.74) is 1.93. The van der Waals surface area contributed by atoms with Crippen LogP contribution in [0, 0.1) is 0 Å². The molecule has 24 heavy (non-hydrogen) atoms. The van der Waals surface area contributed by atoms with Gasteiger partial charge in [0.05, 0.1) is 19.3 Å². The molecule has 130 valence electrons. The fourth-order valence-corrected chi connectivity index (χ4v) is 2.95. The van der Waals surface area contributed by atoms with Crippen molar-refractivity contribution in [3.8, 4) is 0 Å². The molecule has 2 rings (SSSR count). The highest BCUT2D eigenvalue weighted by molar-refractivity contribution is 7.13. The Bertz CT molecular complexity index is 660. The van der Waals surface area contributed by atoms with Gasteiger partial charge >= 0.3 is 0 Å². The zero-order valence-electron chi connectivity index (χ0n) is 13.8. The lowest BCUT2D eigenvalue weighted by Crippen LogP contribution is -2.30. The van der Waals surface area contributed by atoms with Gasteiger partial charge in [0.15, 0.2) is 0 Å². The number of aliphatic hydroxyl groups excluding tert-OH is 2. The molecule has 0 aliphatic carbocycles. The summed E-state index contributed by atoms with van der Waals surface area (Å²) in [7, 11) is 1.80. The average Bonchev–Trinajstić information content (AvgIpc) is 3.03. The van der Waals surface area contributed by atoms with Gasteiger partial charge in [-0.15, -0.1) is 10.2 Å². The largest absolute Gasteiger partial charge is 0.394 e. The van der Waals surface area contributed by atoms with Gasteiger partial charge in [0.1, 0.15) is 5.01 Å². The van der Waals surface area contributed by atoms with Crippen LogP contribution in [0.25, 0.3) is 0 Å². The van der Waals surface area contributed by atoms with E-state index in [0.717, 1.165) is 12.1 Å². The highest BCUT2D eigenvalue weighted by atomic mass is 32.1. The lowest BCUT2D eigenvalue weighted by atomic mass is 10.1. The monoisotopic (exact) mass is 350 g/mol. The number of amides is 1. The van der Waals surface area contributed by atoms with Gasteiger partial charge in [-0.05, 0) is 31.2 Å². The fourth-order valence-electron chi connectivity index (χ4n) is 2.13. The second kappa shape index (κ2) is 8.84. The lowest BCUT2D eigenvalue weighted by Gasteiger charge is -2.17. The summed E-state index contributed by atoms with van der Waals surface area (Å²) >= 11 is 1.21. The first kappa shape index (κ1) is 18.5. The second-order valence-corrected chi connectivity index (χ2v) is 6.60. The Kier molecular flexibility index (Phi) is 6.80. The number of carbonyl (C=O) groups is 1. The van der Waals surface area contributed by atoms with Gasteiger partial charge < -0.3 is 15.5 Å². The minimum atomic E-state index is -0.795. The van der Waals surface area contributed by atoms with E-state index in [1.54, 1.807) is 7.05 Å². The van der Waals surface area contributed by atoms with Crippen molar-refractivity contribution in [2.24, 2.45) is 0 Å². The van der Waals surface area contributed by atoms with E-state index in [2.05, 4.69) is 22.4 Å². The molecule has 1 heterocycles. The number of hydrogen-bond acceptors (Lipinski definition) is 7. The van der Waals surface area contributed by atoms with Crippen molar-refractivity contribution in [1.82, 2.24) is 15.1 Å². The van der Waals surface area contributed by atoms with Crippen molar-refractivity contribution in [1.29, 1.82) is 0 Å². The third-order valence-corrected chi connectivity index (χ3v) is 4.33. The number of benzene rings is 1. The zero-order chi connectivity index (χ0) is 17.5. The number of aromatic nitrogens is 2. The lowest BCUT2D eigenvalue weighted by molar-refractivity contribution is 0.0647. The molecule has 3 N–H and O–H groups in total. The second-order valence-electron chi connectivity index (χ2n) is 5.54.